The van der Waals surface area contributed by atoms with Crippen molar-refractivity contribution in [3.63, 3.8) is 0 Å². The lowest BCUT2D eigenvalue weighted by atomic mass is 10.2. The largest absolute Gasteiger partial charge is 0.457 e. The molecule has 0 radical (unpaired) electrons. The highest BCUT2D eigenvalue weighted by atomic mass is 16.5. The number of nitrogens with zero attached hydrogens (tertiary/aromatic N) is 1. The van der Waals surface area contributed by atoms with Gasteiger partial charge in [0.05, 0.1) is 5.56 Å². The monoisotopic (exact) mass is 298 g/mol. The lowest BCUT2D eigenvalue weighted by Crippen LogP contribution is -2.21. The number of rotatable bonds is 6. The van der Waals surface area contributed by atoms with Gasteiger partial charge < -0.3 is 15.4 Å². The molecule has 22 heavy (non-hydrogen) atoms. The van der Waals surface area contributed by atoms with Crippen LogP contribution in [0.2, 0.25) is 0 Å². The summed E-state index contributed by atoms with van der Waals surface area (Å²) < 4.78 is 5.31. The van der Waals surface area contributed by atoms with Gasteiger partial charge in [0.15, 0.2) is 0 Å². The molecule has 0 aromatic heterocycles. The maximum Gasteiger partial charge on any atom is 0.338 e. The van der Waals surface area contributed by atoms with E-state index in [0.717, 1.165) is 24.3 Å². The quantitative estimate of drug-likeness (QED) is 0.655. The van der Waals surface area contributed by atoms with Gasteiger partial charge >= 0.3 is 5.97 Å². The number of carbonyl (C=O) groups is 1. The predicted octanol–water partition coefficient (Wildman–Crippen LogP) is 3.47. The Balaban J connectivity index is 1.96. The second kappa shape index (κ2) is 7.50. The summed E-state index contributed by atoms with van der Waals surface area (Å²) in [5.41, 5.74) is 8.91. The Morgan fingerprint density at radius 3 is 2.14 bits per heavy atom. The van der Waals surface area contributed by atoms with E-state index in [2.05, 4.69) is 18.7 Å². The summed E-state index contributed by atoms with van der Waals surface area (Å²) in [5.74, 6) is -0.317. The number of hydrogen-bond donors (Lipinski definition) is 1. The molecule has 0 aliphatic carbocycles. The number of esters is 1. The van der Waals surface area contributed by atoms with Gasteiger partial charge in [-0.05, 0) is 55.8 Å². The van der Waals surface area contributed by atoms with Crippen molar-refractivity contribution >= 4 is 17.3 Å². The number of carbonyl (C=O) groups excluding carboxylic acids is 1. The van der Waals surface area contributed by atoms with E-state index in [1.54, 1.807) is 24.3 Å². The third kappa shape index (κ3) is 4.01. The van der Waals surface area contributed by atoms with Crippen molar-refractivity contribution < 1.29 is 9.53 Å². The summed E-state index contributed by atoms with van der Waals surface area (Å²) in [6.45, 7) is 6.35. The number of anilines is 2. The fraction of sp³-hybridized carbons (Fsp3) is 0.278. The Bertz CT molecular complexity index is 602. The topological polar surface area (TPSA) is 55.6 Å². The molecular formula is C18H22N2O2. The number of hydrogen-bond acceptors (Lipinski definition) is 4. The van der Waals surface area contributed by atoms with E-state index < -0.39 is 0 Å². The van der Waals surface area contributed by atoms with E-state index in [1.165, 1.54) is 0 Å². The van der Waals surface area contributed by atoms with Crippen LogP contribution in [0.1, 0.15) is 29.8 Å². The van der Waals surface area contributed by atoms with Crippen molar-refractivity contribution in [2.75, 3.05) is 23.7 Å². The zero-order valence-electron chi connectivity index (χ0n) is 13.1. The predicted molar refractivity (Wildman–Crippen MR) is 90.0 cm³/mol. The Labute approximate surface area is 131 Å². The Hall–Kier alpha value is -2.49. The Morgan fingerprint density at radius 1 is 1.00 bits per heavy atom. The van der Waals surface area contributed by atoms with Crippen molar-refractivity contribution in [3.05, 3.63) is 59.7 Å². The number of ether oxygens (including phenoxy) is 1. The molecule has 2 N–H and O–H groups in total. The normalized spacial score (nSPS) is 10.3. The van der Waals surface area contributed by atoms with E-state index in [9.17, 15) is 4.79 Å². The fourth-order valence-electron chi connectivity index (χ4n) is 2.24. The van der Waals surface area contributed by atoms with Gasteiger partial charge in [0.1, 0.15) is 6.61 Å². The number of nitrogens with two attached hydrogens (primary N) is 1. The molecule has 0 heterocycles. The molecule has 0 fully saturated rings. The Morgan fingerprint density at radius 2 is 1.59 bits per heavy atom. The third-order valence-electron chi connectivity index (χ3n) is 3.58. The van der Waals surface area contributed by atoms with E-state index in [0.29, 0.717) is 11.3 Å². The minimum Gasteiger partial charge on any atom is -0.457 e. The van der Waals surface area contributed by atoms with Crippen LogP contribution >= 0.6 is 0 Å². The van der Waals surface area contributed by atoms with Gasteiger partial charge in [-0.1, -0.05) is 12.1 Å². The first-order valence-corrected chi connectivity index (χ1v) is 7.50. The first-order chi connectivity index (χ1) is 10.6. The highest BCUT2D eigenvalue weighted by Gasteiger charge is 2.08. The maximum atomic E-state index is 12.0. The number of benzene rings is 2. The van der Waals surface area contributed by atoms with E-state index in [-0.39, 0.29) is 12.6 Å². The zero-order chi connectivity index (χ0) is 15.9. The van der Waals surface area contributed by atoms with Gasteiger partial charge in [-0.25, -0.2) is 4.79 Å². The molecule has 0 spiro atoms. The van der Waals surface area contributed by atoms with Crippen molar-refractivity contribution in [2.45, 2.75) is 20.5 Å². The van der Waals surface area contributed by atoms with Gasteiger partial charge in [0, 0.05) is 24.5 Å². The van der Waals surface area contributed by atoms with Gasteiger partial charge in [-0.15, -0.1) is 0 Å². The van der Waals surface area contributed by atoms with Crippen molar-refractivity contribution in [1.29, 1.82) is 0 Å². The van der Waals surface area contributed by atoms with Crippen LogP contribution in [0.15, 0.2) is 48.5 Å². The molecule has 0 amide bonds. The summed E-state index contributed by atoms with van der Waals surface area (Å²) in [6.07, 6.45) is 0. The second-order valence-corrected chi connectivity index (χ2v) is 5.04. The molecule has 116 valence electrons. The van der Waals surface area contributed by atoms with E-state index in [4.69, 9.17) is 10.5 Å². The van der Waals surface area contributed by atoms with Crippen LogP contribution < -0.4 is 10.6 Å². The second-order valence-electron chi connectivity index (χ2n) is 5.04. The standard InChI is InChI=1S/C18H22N2O2/c1-3-20(4-2)17-11-7-15(8-12-17)18(21)22-13-14-5-9-16(19)10-6-14/h5-12H,3-4,13,19H2,1-2H3. The first kappa shape index (κ1) is 15.9. The summed E-state index contributed by atoms with van der Waals surface area (Å²) >= 11 is 0. The summed E-state index contributed by atoms with van der Waals surface area (Å²) in [6, 6.07) is 14.8. The van der Waals surface area contributed by atoms with Crippen molar-refractivity contribution in [1.82, 2.24) is 0 Å². The molecule has 2 aromatic rings. The summed E-state index contributed by atoms with van der Waals surface area (Å²) in [7, 11) is 0. The minimum atomic E-state index is -0.317. The fourth-order valence-corrected chi connectivity index (χ4v) is 2.24. The summed E-state index contributed by atoms with van der Waals surface area (Å²) in [5, 5.41) is 0. The Kier molecular flexibility index (Phi) is 5.42. The van der Waals surface area contributed by atoms with Gasteiger partial charge in [0.2, 0.25) is 0 Å². The third-order valence-corrected chi connectivity index (χ3v) is 3.58. The molecule has 0 saturated heterocycles. The van der Waals surface area contributed by atoms with Crippen LogP contribution in [-0.2, 0) is 11.3 Å². The molecular weight excluding hydrogens is 276 g/mol. The molecule has 0 aliphatic heterocycles. The van der Waals surface area contributed by atoms with Crippen LogP contribution in [-0.4, -0.2) is 19.1 Å². The molecule has 0 saturated carbocycles. The summed E-state index contributed by atoms with van der Waals surface area (Å²) in [4.78, 5) is 14.3. The van der Waals surface area contributed by atoms with Gasteiger partial charge in [-0.2, -0.15) is 0 Å². The molecule has 4 nitrogen and oxygen atoms in total. The lowest BCUT2D eigenvalue weighted by molar-refractivity contribution is 0.0473. The van der Waals surface area contributed by atoms with Gasteiger partial charge in [-0.3, -0.25) is 0 Å². The van der Waals surface area contributed by atoms with E-state index >= 15 is 0 Å². The van der Waals surface area contributed by atoms with Crippen molar-refractivity contribution in [2.24, 2.45) is 0 Å². The van der Waals surface area contributed by atoms with Crippen LogP contribution in [0.25, 0.3) is 0 Å². The number of nitrogen functional groups attached to an aromatic ring is 1. The van der Waals surface area contributed by atoms with Crippen molar-refractivity contribution in [3.8, 4) is 0 Å². The highest BCUT2D eigenvalue weighted by Crippen LogP contribution is 2.16. The highest BCUT2D eigenvalue weighted by molar-refractivity contribution is 5.89. The molecule has 0 unspecified atom stereocenters. The lowest BCUT2D eigenvalue weighted by Gasteiger charge is -2.20. The molecule has 4 heteroatoms. The smallest absolute Gasteiger partial charge is 0.338 e. The molecule has 0 bridgehead atoms. The molecule has 0 atom stereocenters. The van der Waals surface area contributed by atoms with Crippen LogP contribution in [0.5, 0.6) is 0 Å². The van der Waals surface area contributed by atoms with Gasteiger partial charge in [0.25, 0.3) is 0 Å². The average molecular weight is 298 g/mol. The molecule has 0 aliphatic rings. The van der Waals surface area contributed by atoms with Crippen LogP contribution in [0.3, 0.4) is 0 Å². The van der Waals surface area contributed by atoms with E-state index in [1.807, 2.05) is 24.3 Å². The van der Waals surface area contributed by atoms with Crippen LogP contribution in [0, 0.1) is 0 Å². The minimum absolute atomic E-state index is 0.247. The first-order valence-electron chi connectivity index (χ1n) is 7.50. The SMILES string of the molecule is CCN(CC)c1ccc(C(=O)OCc2ccc(N)cc2)cc1. The zero-order valence-corrected chi connectivity index (χ0v) is 13.1. The average Bonchev–Trinajstić information content (AvgIpc) is 2.56. The maximum absolute atomic E-state index is 12.0. The molecule has 2 aromatic carbocycles. The van der Waals surface area contributed by atoms with Crippen LogP contribution in [0.4, 0.5) is 11.4 Å². The molecule has 2 rings (SSSR count).